The van der Waals surface area contributed by atoms with E-state index in [0.717, 1.165) is 30.1 Å². The molecule has 0 bridgehead atoms. The molecule has 2 rings (SSSR count). The molecule has 1 unspecified atom stereocenters. The molecule has 5 nitrogen and oxygen atoms in total. The predicted octanol–water partition coefficient (Wildman–Crippen LogP) is 2.28. The van der Waals surface area contributed by atoms with Gasteiger partial charge in [0, 0.05) is 7.05 Å². The maximum atomic E-state index is 5.43. The first kappa shape index (κ1) is 14.0. The van der Waals surface area contributed by atoms with Crippen LogP contribution in [0.4, 0.5) is 0 Å². The molecule has 0 radical (unpaired) electrons. The second kappa shape index (κ2) is 6.16. The van der Waals surface area contributed by atoms with Crippen LogP contribution >= 0.6 is 11.3 Å². The summed E-state index contributed by atoms with van der Waals surface area (Å²) >= 11 is 1.66. The first-order chi connectivity index (χ1) is 9.19. The Labute approximate surface area is 117 Å². The van der Waals surface area contributed by atoms with Crippen molar-refractivity contribution in [1.29, 1.82) is 0 Å². The number of methoxy groups -OCH3 is 1. The third-order valence-electron chi connectivity index (χ3n) is 3.09. The van der Waals surface area contributed by atoms with Crippen molar-refractivity contribution >= 4 is 11.3 Å². The van der Waals surface area contributed by atoms with E-state index < -0.39 is 0 Å². The van der Waals surface area contributed by atoms with Gasteiger partial charge in [-0.2, -0.15) is 5.10 Å². The van der Waals surface area contributed by atoms with Gasteiger partial charge in [0.25, 0.3) is 0 Å². The fourth-order valence-electron chi connectivity index (χ4n) is 2.10. The number of thiazole rings is 1. The van der Waals surface area contributed by atoms with E-state index in [9.17, 15) is 0 Å². The Kier molecular flexibility index (Phi) is 4.55. The highest BCUT2D eigenvalue weighted by molar-refractivity contribution is 7.09. The zero-order valence-electron chi connectivity index (χ0n) is 11.8. The van der Waals surface area contributed by atoms with Gasteiger partial charge in [-0.1, -0.05) is 6.92 Å². The van der Waals surface area contributed by atoms with Crippen LogP contribution in [0.3, 0.4) is 0 Å². The van der Waals surface area contributed by atoms with Crippen LogP contribution in [0.15, 0.2) is 11.7 Å². The number of aromatic nitrogens is 3. The molecular formula is C13H20N4OS. The minimum Gasteiger partial charge on any atom is -0.493 e. The van der Waals surface area contributed by atoms with Crippen LogP contribution in [0, 0.1) is 6.92 Å². The Balaban J connectivity index is 2.42. The summed E-state index contributed by atoms with van der Waals surface area (Å²) in [5, 5.41) is 7.85. The second-order valence-electron chi connectivity index (χ2n) is 4.41. The number of hydrogen-bond donors (Lipinski definition) is 1. The van der Waals surface area contributed by atoms with Gasteiger partial charge in [-0.05, 0) is 19.9 Å². The van der Waals surface area contributed by atoms with Crippen LogP contribution in [0.2, 0.25) is 0 Å². The fourth-order valence-corrected chi connectivity index (χ4v) is 2.98. The molecule has 0 saturated carbocycles. The summed E-state index contributed by atoms with van der Waals surface area (Å²) in [6.07, 6.45) is 2.83. The van der Waals surface area contributed by atoms with Crippen molar-refractivity contribution in [2.45, 2.75) is 26.3 Å². The van der Waals surface area contributed by atoms with Crippen LogP contribution in [-0.2, 0) is 7.05 Å². The first-order valence-electron chi connectivity index (χ1n) is 6.38. The minimum atomic E-state index is 0.0786. The second-order valence-corrected chi connectivity index (χ2v) is 5.30. The zero-order valence-corrected chi connectivity index (χ0v) is 12.6. The Hall–Kier alpha value is -1.40. The van der Waals surface area contributed by atoms with Crippen molar-refractivity contribution in [2.75, 3.05) is 13.7 Å². The van der Waals surface area contributed by atoms with E-state index in [1.54, 1.807) is 24.6 Å². The van der Waals surface area contributed by atoms with E-state index in [0.29, 0.717) is 0 Å². The molecule has 0 fully saturated rings. The zero-order chi connectivity index (χ0) is 13.8. The lowest BCUT2D eigenvalue weighted by Gasteiger charge is -2.19. The lowest BCUT2D eigenvalue weighted by Crippen LogP contribution is -2.25. The largest absolute Gasteiger partial charge is 0.493 e. The number of nitrogens with one attached hydrogen (secondary N) is 1. The number of nitrogens with zero attached hydrogens (tertiary/aromatic N) is 3. The SMILES string of the molecule is CCCNC(c1scnc1C)c1c(OC)cnn1C. The van der Waals surface area contributed by atoms with Gasteiger partial charge >= 0.3 is 0 Å². The minimum absolute atomic E-state index is 0.0786. The summed E-state index contributed by atoms with van der Waals surface area (Å²) in [6, 6.07) is 0.0786. The van der Waals surface area contributed by atoms with Gasteiger partial charge in [0.2, 0.25) is 0 Å². The molecule has 2 aromatic rings. The average Bonchev–Trinajstić information content (AvgIpc) is 2.98. The van der Waals surface area contributed by atoms with Crippen molar-refractivity contribution in [3.05, 3.63) is 28.0 Å². The third-order valence-corrected chi connectivity index (χ3v) is 4.08. The molecule has 0 amide bonds. The van der Waals surface area contributed by atoms with Crippen LogP contribution in [0.5, 0.6) is 5.75 Å². The highest BCUT2D eigenvalue weighted by Crippen LogP contribution is 2.33. The van der Waals surface area contributed by atoms with E-state index in [-0.39, 0.29) is 6.04 Å². The molecule has 1 atom stereocenters. The standard InChI is InChI=1S/C13H20N4OS/c1-5-6-14-11(13-9(2)15-8-19-13)12-10(18-4)7-16-17(12)3/h7-8,11,14H,5-6H2,1-4H3. The van der Waals surface area contributed by atoms with Gasteiger partial charge < -0.3 is 10.1 Å². The van der Waals surface area contributed by atoms with Crippen LogP contribution < -0.4 is 10.1 Å². The van der Waals surface area contributed by atoms with Crippen molar-refractivity contribution in [3.8, 4) is 5.75 Å². The molecule has 2 aromatic heterocycles. The summed E-state index contributed by atoms with van der Waals surface area (Å²) in [4.78, 5) is 5.57. The number of hydrogen-bond acceptors (Lipinski definition) is 5. The average molecular weight is 280 g/mol. The predicted molar refractivity (Wildman–Crippen MR) is 76.7 cm³/mol. The maximum absolute atomic E-state index is 5.43. The molecule has 2 heterocycles. The fraction of sp³-hybridized carbons (Fsp3) is 0.538. The Bertz CT molecular complexity index is 534. The van der Waals surface area contributed by atoms with E-state index in [1.165, 1.54) is 4.88 Å². The number of aryl methyl sites for hydroxylation is 2. The van der Waals surface area contributed by atoms with Gasteiger partial charge in [0.05, 0.1) is 35.4 Å². The summed E-state index contributed by atoms with van der Waals surface area (Å²) in [7, 11) is 3.62. The molecule has 6 heteroatoms. The molecule has 0 aliphatic rings. The van der Waals surface area contributed by atoms with Crippen molar-refractivity contribution in [2.24, 2.45) is 7.05 Å². The molecule has 0 aliphatic heterocycles. The molecular weight excluding hydrogens is 260 g/mol. The van der Waals surface area contributed by atoms with Gasteiger partial charge in [-0.3, -0.25) is 4.68 Å². The highest BCUT2D eigenvalue weighted by atomic mass is 32.1. The smallest absolute Gasteiger partial charge is 0.161 e. The van der Waals surface area contributed by atoms with Gasteiger partial charge in [0.1, 0.15) is 5.69 Å². The summed E-state index contributed by atoms with van der Waals surface area (Å²) in [6.45, 7) is 5.13. The van der Waals surface area contributed by atoms with E-state index in [4.69, 9.17) is 4.74 Å². The Morgan fingerprint density at radius 1 is 1.53 bits per heavy atom. The molecule has 104 valence electrons. The van der Waals surface area contributed by atoms with Crippen LogP contribution in [-0.4, -0.2) is 28.4 Å². The summed E-state index contributed by atoms with van der Waals surface area (Å²) < 4.78 is 7.29. The molecule has 0 spiro atoms. The van der Waals surface area contributed by atoms with E-state index >= 15 is 0 Å². The highest BCUT2D eigenvalue weighted by Gasteiger charge is 2.24. The number of rotatable bonds is 6. The quantitative estimate of drug-likeness (QED) is 0.882. The van der Waals surface area contributed by atoms with Gasteiger partial charge in [-0.25, -0.2) is 4.98 Å². The third kappa shape index (κ3) is 2.79. The lowest BCUT2D eigenvalue weighted by molar-refractivity contribution is 0.401. The Morgan fingerprint density at radius 3 is 2.89 bits per heavy atom. The summed E-state index contributed by atoms with van der Waals surface area (Å²) in [5.41, 5.74) is 3.99. The molecule has 0 aliphatic carbocycles. The van der Waals surface area contributed by atoms with Crippen molar-refractivity contribution in [3.63, 3.8) is 0 Å². The van der Waals surface area contributed by atoms with Gasteiger partial charge in [0.15, 0.2) is 5.75 Å². The molecule has 0 saturated heterocycles. The Morgan fingerprint density at radius 2 is 2.32 bits per heavy atom. The van der Waals surface area contributed by atoms with Crippen LogP contribution in [0.25, 0.3) is 0 Å². The first-order valence-corrected chi connectivity index (χ1v) is 7.26. The normalized spacial score (nSPS) is 12.6. The topological polar surface area (TPSA) is 52.0 Å². The monoisotopic (exact) mass is 280 g/mol. The lowest BCUT2D eigenvalue weighted by atomic mass is 10.1. The molecule has 0 aromatic carbocycles. The van der Waals surface area contributed by atoms with Gasteiger partial charge in [-0.15, -0.1) is 11.3 Å². The van der Waals surface area contributed by atoms with E-state index in [2.05, 4.69) is 22.3 Å². The maximum Gasteiger partial charge on any atom is 0.161 e. The summed E-state index contributed by atoms with van der Waals surface area (Å²) in [5.74, 6) is 0.809. The molecule has 1 N–H and O–H groups in total. The number of ether oxygens (including phenoxy) is 1. The molecule has 19 heavy (non-hydrogen) atoms. The van der Waals surface area contributed by atoms with Crippen molar-refractivity contribution < 1.29 is 4.74 Å². The van der Waals surface area contributed by atoms with Crippen LogP contribution in [0.1, 0.15) is 35.7 Å². The van der Waals surface area contributed by atoms with Crippen molar-refractivity contribution in [1.82, 2.24) is 20.1 Å². The van der Waals surface area contributed by atoms with E-state index in [1.807, 2.05) is 24.2 Å².